The summed E-state index contributed by atoms with van der Waals surface area (Å²) in [5.41, 5.74) is 2.82. The molecule has 0 saturated heterocycles. The van der Waals surface area contributed by atoms with E-state index < -0.39 is 0 Å². The van der Waals surface area contributed by atoms with Gasteiger partial charge in [0.15, 0.2) is 0 Å². The van der Waals surface area contributed by atoms with Crippen LogP contribution in [-0.2, 0) is 0 Å². The third-order valence-electron chi connectivity index (χ3n) is 1.16. The minimum atomic E-state index is 0.0946. The predicted octanol–water partition coefficient (Wildman–Crippen LogP) is 1.46. The molecule has 10 heavy (non-hydrogen) atoms. The van der Waals surface area contributed by atoms with Crippen LogP contribution in [-0.4, -0.2) is 16.7 Å². The summed E-state index contributed by atoms with van der Waals surface area (Å²) in [6.45, 7) is 2.05. The molecule has 54 valence electrons. The van der Waals surface area contributed by atoms with E-state index in [2.05, 4.69) is 4.98 Å². The van der Waals surface area contributed by atoms with Gasteiger partial charge in [-0.1, -0.05) is 6.08 Å². The van der Waals surface area contributed by atoms with E-state index in [1.165, 1.54) is 0 Å². The summed E-state index contributed by atoms with van der Waals surface area (Å²) < 4.78 is 0. The highest BCUT2D eigenvalue weighted by molar-refractivity contribution is 7.10. The molecule has 1 aromatic rings. The normalized spacial score (nSPS) is 11.0. The van der Waals surface area contributed by atoms with Gasteiger partial charge >= 0.3 is 0 Å². The molecule has 1 N–H and O–H groups in total. The molecule has 1 heterocycles. The number of nitrogens with zero attached hydrogens (tertiary/aromatic N) is 1. The number of thiazole rings is 1. The lowest BCUT2D eigenvalue weighted by atomic mass is 10.3. The number of hydrogen-bond donors (Lipinski definition) is 1. The smallest absolute Gasteiger partial charge is 0.0801 e. The van der Waals surface area contributed by atoms with Gasteiger partial charge in [-0.3, -0.25) is 0 Å². The average molecular weight is 155 g/mol. The van der Waals surface area contributed by atoms with Crippen LogP contribution in [0, 0.1) is 6.92 Å². The van der Waals surface area contributed by atoms with E-state index in [-0.39, 0.29) is 6.61 Å². The van der Waals surface area contributed by atoms with Crippen LogP contribution in [0.4, 0.5) is 0 Å². The first-order chi connectivity index (χ1) is 4.84. The number of aliphatic hydroxyl groups is 1. The molecule has 0 radical (unpaired) electrons. The molecular formula is C7H9NOS. The molecule has 0 unspecified atom stereocenters. The molecule has 0 amide bonds. The highest BCUT2D eigenvalue weighted by Gasteiger charge is 1.93. The monoisotopic (exact) mass is 155 g/mol. The topological polar surface area (TPSA) is 33.1 Å². The molecule has 0 fully saturated rings. The average Bonchev–Trinajstić information content (AvgIpc) is 2.31. The van der Waals surface area contributed by atoms with Gasteiger partial charge < -0.3 is 5.11 Å². The largest absolute Gasteiger partial charge is 0.392 e. The molecule has 0 aliphatic rings. The summed E-state index contributed by atoms with van der Waals surface area (Å²) in [6.07, 6.45) is 3.59. The van der Waals surface area contributed by atoms with E-state index in [9.17, 15) is 0 Å². The Morgan fingerprint density at radius 1 is 1.80 bits per heavy atom. The van der Waals surface area contributed by atoms with Gasteiger partial charge in [-0.15, -0.1) is 11.3 Å². The van der Waals surface area contributed by atoms with Gasteiger partial charge in [0.1, 0.15) is 0 Å². The number of aromatic nitrogens is 1. The molecule has 0 saturated carbocycles. The molecule has 0 atom stereocenters. The first-order valence-corrected chi connectivity index (χ1v) is 3.90. The Balaban J connectivity index is 2.74. The van der Waals surface area contributed by atoms with Gasteiger partial charge in [-0.05, 0) is 13.0 Å². The molecule has 1 rings (SSSR count). The highest BCUT2D eigenvalue weighted by Crippen LogP contribution is 2.13. The SMILES string of the molecule is Cc1ncsc1C=CCO. The summed E-state index contributed by atoms with van der Waals surface area (Å²) in [5.74, 6) is 0. The molecule has 0 aromatic carbocycles. The third-order valence-corrected chi connectivity index (χ3v) is 2.05. The number of aryl methyl sites for hydroxylation is 1. The first kappa shape index (κ1) is 7.44. The number of hydrogen-bond acceptors (Lipinski definition) is 3. The van der Waals surface area contributed by atoms with Crippen LogP contribution in [0.1, 0.15) is 10.6 Å². The van der Waals surface area contributed by atoms with E-state index in [1.807, 2.05) is 13.0 Å². The highest BCUT2D eigenvalue weighted by atomic mass is 32.1. The Morgan fingerprint density at radius 3 is 3.10 bits per heavy atom. The van der Waals surface area contributed by atoms with Crippen LogP contribution >= 0.6 is 11.3 Å². The fourth-order valence-electron chi connectivity index (χ4n) is 0.631. The molecule has 0 aliphatic carbocycles. The van der Waals surface area contributed by atoms with E-state index in [1.54, 1.807) is 22.9 Å². The van der Waals surface area contributed by atoms with Crippen LogP contribution in [0.2, 0.25) is 0 Å². The van der Waals surface area contributed by atoms with Crippen molar-refractivity contribution in [3.63, 3.8) is 0 Å². The fraction of sp³-hybridized carbons (Fsp3) is 0.286. The molecule has 1 aromatic heterocycles. The van der Waals surface area contributed by atoms with Crippen LogP contribution < -0.4 is 0 Å². The second-order valence-electron chi connectivity index (χ2n) is 1.89. The maximum Gasteiger partial charge on any atom is 0.0801 e. The zero-order chi connectivity index (χ0) is 7.40. The Morgan fingerprint density at radius 2 is 2.60 bits per heavy atom. The lowest BCUT2D eigenvalue weighted by Crippen LogP contribution is -1.74. The Kier molecular flexibility index (Phi) is 2.59. The summed E-state index contributed by atoms with van der Waals surface area (Å²) >= 11 is 1.58. The van der Waals surface area contributed by atoms with Crippen LogP contribution in [0.3, 0.4) is 0 Å². The van der Waals surface area contributed by atoms with Crippen LogP contribution in [0.5, 0.6) is 0 Å². The molecule has 3 heteroatoms. The Hall–Kier alpha value is -0.670. The van der Waals surface area contributed by atoms with Gasteiger partial charge in [-0.25, -0.2) is 4.98 Å². The second kappa shape index (κ2) is 3.49. The van der Waals surface area contributed by atoms with E-state index >= 15 is 0 Å². The van der Waals surface area contributed by atoms with Gasteiger partial charge in [-0.2, -0.15) is 0 Å². The lowest BCUT2D eigenvalue weighted by Gasteiger charge is -1.84. The minimum absolute atomic E-state index is 0.0946. The number of aliphatic hydroxyl groups excluding tert-OH is 1. The number of rotatable bonds is 2. The first-order valence-electron chi connectivity index (χ1n) is 3.02. The van der Waals surface area contributed by atoms with Crippen molar-refractivity contribution in [2.24, 2.45) is 0 Å². The van der Waals surface area contributed by atoms with Crippen LogP contribution in [0.15, 0.2) is 11.6 Å². The van der Waals surface area contributed by atoms with Crippen LogP contribution in [0.25, 0.3) is 6.08 Å². The molecular weight excluding hydrogens is 146 g/mol. The van der Waals surface area contributed by atoms with Crippen molar-refractivity contribution in [2.75, 3.05) is 6.61 Å². The van der Waals surface area contributed by atoms with Gasteiger partial charge in [0.2, 0.25) is 0 Å². The van der Waals surface area contributed by atoms with Crippen molar-refractivity contribution in [3.8, 4) is 0 Å². The summed E-state index contributed by atoms with van der Waals surface area (Å²) in [4.78, 5) is 5.17. The molecule has 0 spiro atoms. The van der Waals surface area contributed by atoms with Gasteiger partial charge in [0, 0.05) is 4.88 Å². The second-order valence-corrected chi connectivity index (χ2v) is 2.77. The quantitative estimate of drug-likeness (QED) is 0.701. The fourth-order valence-corrected chi connectivity index (χ4v) is 1.35. The summed E-state index contributed by atoms with van der Waals surface area (Å²) in [6, 6.07) is 0. The van der Waals surface area contributed by atoms with E-state index in [0.717, 1.165) is 10.6 Å². The van der Waals surface area contributed by atoms with Crippen molar-refractivity contribution in [1.82, 2.24) is 4.98 Å². The van der Waals surface area contributed by atoms with Crippen molar-refractivity contribution in [1.29, 1.82) is 0 Å². The maximum absolute atomic E-state index is 8.45. The summed E-state index contributed by atoms with van der Waals surface area (Å²) in [5, 5.41) is 8.45. The van der Waals surface area contributed by atoms with Crippen molar-refractivity contribution in [3.05, 3.63) is 22.2 Å². The lowest BCUT2D eigenvalue weighted by molar-refractivity contribution is 0.343. The predicted molar refractivity (Wildman–Crippen MR) is 43.0 cm³/mol. The van der Waals surface area contributed by atoms with Gasteiger partial charge in [0.05, 0.1) is 17.8 Å². The van der Waals surface area contributed by atoms with Crippen molar-refractivity contribution >= 4 is 17.4 Å². The molecule has 0 bridgehead atoms. The standard InChI is InChI=1S/C7H9NOS/c1-6-7(3-2-4-9)10-5-8-6/h2-3,5,9H,4H2,1H3. The Bertz CT molecular complexity index is 229. The zero-order valence-corrected chi connectivity index (χ0v) is 6.56. The van der Waals surface area contributed by atoms with Crippen molar-refractivity contribution in [2.45, 2.75) is 6.92 Å². The maximum atomic E-state index is 8.45. The van der Waals surface area contributed by atoms with E-state index in [4.69, 9.17) is 5.11 Å². The Labute approximate surface area is 63.9 Å². The van der Waals surface area contributed by atoms with Gasteiger partial charge in [0.25, 0.3) is 0 Å². The summed E-state index contributed by atoms with van der Waals surface area (Å²) in [7, 11) is 0. The third kappa shape index (κ3) is 1.65. The zero-order valence-electron chi connectivity index (χ0n) is 5.74. The molecule has 2 nitrogen and oxygen atoms in total. The molecule has 0 aliphatic heterocycles. The minimum Gasteiger partial charge on any atom is -0.392 e. The van der Waals surface area contributed by atoms with E-state index in [0.29, 0.717) is 0 Å². The van der Waals surface area contributed by atoms with Crippen molar-refractivity contribution < 1.29 is 5.11 Å².